The Balaban J connectivity index is 1.83. The molecule has 6 heteroatoms. The molecule has 1 aliphatic heterocycles. The van der Waals surface area contributed by atoms with Crippen molar-refractivity contribution in [3.05, 3.63) is 35.7 Å². The third-order valence-electron chi connectivity index (χ3n) is 4.14. The average molecular weight is 315 g/mol. The van der Waals surface area contributed by atoms with Crippen molar-refractivity contribution in [1.82, 2.24) is 15.0 Å². The van der Waals surface area contributed by atoms with Crippen LogP contribution in [0.2, 0.25) is 0 Å². The third kappa shape index (κ3) is 3.27. The van der Waals surface area contributed by atoms with Crippen molar-refractivity contribution in [2.75, 3.05) is 20.2 Å². The van der Waals surface area contributed by atoms with E-state index in [9.17, 15) is 4.79 Å². The van der Waals surface area contributed by atoms with E-state index in [0.717, 1.165) is 37.9 Å². The molecule has 2 heterocycles. The van der Waals surface area contributed by atoms with Gasteiger partial charge in [-0.1, -0.05) is 24.2 Å². The van der Waals surface area contributed by atoms with Crippen LogP contribution in [0.4, 0.5) is 0 Å². The lowest BCUT2D eigenvalue weighted by Crippen LogP contribution is -2.24. The van der Waals surface area contributed by atoms with Crippen LogP contribution in [-0.2, 0) is 4.74 Å². The molecule has 0 spiro atoms. The van der Waals surface area contributed by atoms with Crippen LogP contribution in [0.25, 0.3) is 11.4 Å². The predicted octanol–water partition coefficient (Wildman–Crippen LogP) is 3.07. The molecule has 0 bridgehead atoms. The Morgan fingerprint density at radius 3 is 3.13 bits per heavy atom. The molecule has 1 aliphatic rings. The van der Waals surface area contributed by atoms with E-state index < -0.39 is 0 Å². The molecule has 1 atom stereocenters. The summed E-state index contributed by atoms with van der Waals surface area (Å²) in [5, 5.41) is 4.09. The number of hydrogen-bond acceptors (Lipinski definition) is 6. The molecule has 1 unspecified atom stereocenters. The number of nitrogens with zero attached hydrogens (tertiary/aromatic N) is 3. The lowest BCUT2D eigenvalue weighted by molar-refractivity contribution is 0.0601. The van der Waals surface area contributed by atoms with Gasteiger partial charge in [-0.2, -0.15) is 4.98 Å². The molecule has 0 N–H and O–H groups in total. The number of aromatic nitrogens is 2. The number of benzene rings is 1. The second-order valence-corrected chi connectivity index (χ2v) is 5.72. The maximum absolute atomic E-state index is 11.6. The summed E-state index contributed by atoms with van der Waals surface area (Å²) in [7, 11) is 1.36. The maximum atomic E-state index is 11.6. The molecule has 1 saturated heterocycles. The molecular weight excluding hydrogens is 294 g/mol. The summed E-state index contributed by atoms with van der Waals surface area (Å²) in [6, 6.07) is 7.28. The van der Waals surface area contributed by atoms with Crippen LogP contribution in [0.5, 0.6) is 0 Å². The largest absolute Gasteiger partial charge is 0.465 e. The van der Waals surface area contributed by atoms with E-state index in [-0.39, 0.29) is 12.0 Å². The Labute approximate surface area is 135 Å². The molecule has 2 aromatic rings. The summed E-state index contributed by atoms with van der Waals surface area (Å²) in [6.07, 6.45) is 3.31. The molecule has 1 fully saturated rings. The molecule has 0 amide bonds. The van der Waals surface area contributed by atoms with Gasteiger partial charge in [0.1, 0.15) is 0 Å². The molecule has 122 valence electrons. The first-order valence-corrected chi connectivity index (χ1v) is 7.99. The van der Waals surface area contributed by atoms with Gasteiger partial charge in [0.15, 0.2) is 0 Å². The molecule has 23 heavy (non-hydrogen) atoms. The van der Waals surface area contributed by atoms with Gasteiger partial charge in [-0.05, 0) is 44.5 Å². The molecule has 0 aliphatic carbocycles. The van der Waals surface area contributed by atoms with Crippen LogP contribution in [-0.4, -0.2) is 41.2 Å². The van der Waals surface area contributed by atoms with Gasteiger partial charge < -0.3 is 9.26 Å². The highest BCUT2D eigenvalue weighted by Gasteiger charge is 2.30. The smallest absolute Gasteiger partial charge is 0.337 e. The molecule has 1 aromatic heterocycles. The van der Waals surface area contributed by atoms with Crippen LogP contribution in [0.1, 0.15) is 48.5 Å². The Morgan fingerprint density at radius 1 is 1.48 bits per heavy atom. The molecule has 0 saturated carbocycles. The summed E-state index contributed by atoms with van der Waals surface area (Å²) < 4.78 is 10.2. The quantitative estimate of drug-likeness (QED) is 0.790. The second kappa shape index (κ2) is 6.91. The highest BCUT2D eigenvalue weighted by atomic mass is 16.5. The predicted molar refractivity (Wildman–Crippen MR) is 84.9 cm³/mol. The summed E-state index contributed by atoms with van der Waals surface area (Å²) in [4.78, 5) is 18.6. The second-order valence-electron chi connectivity index (χ2n) is 5.72. The van der Waals surface area contributed by atoms with Gasteiger partial charge in [-0.25, -0.2) is 4.79 Å². The van der Waals surface area contributed by atoms with Crippen LogP contribution in [0, 0.1) is 0 Å². The summed E-state index contributed by atoms with van der Waals surface area (Å²) >= 11 is 0. The average Bonchev–Trinajstić information content (AvgIpc) is 3.23. The fourth-order valence-corrected chi connectivity index (χ4v) is 3.05. The highest BCUT2D eigenvalue weighted by molar-refractivity contribution is 5.90. The van der Waals surface area contributed by atoms with Gasteiger partial charge in [-0.3, -0.25) is 4.90 Å². The Hall–Kier alpha value is -2.21. The zero-order valence-corrected chi connectivity index (χ0v) is 13.5. The Kier molecular flexibility index (Phi) is 4.71. The molecular formula is C17H21N3O3. The SMILES string of the molecule is CCCN1CCCC1c1nc(-c2cccc(C(=O)OC)c2)no1. The molecule has 6 nitrogen and oxygen atoms in total. The number of hydrogen-bond donors (Lipinski definition) is 0. The van der Waals surface area contributed by atoms with E-state index in [4.69, 9.17) is 9.26 Å². The van der Waals surface area contributed by atoms with Crippen molar-refractivity contribution in [2.24, 2.45) is 0 Å². The van der Waals surface area contributed by atoms with Gasteiger partial charge in [0.2, 0.25) is 11.7 Å². The van der Waals surface area contributed by atoms with Gasteiger partial charge in [-0.15, -0.1) is 0 Å². The molecule has 1 aromatic carbocycles. The van der Waals surface area contributed by atoms with E-state index in [1.165, 1.54) is 7.11 Å². The Morgan fingerprint density at radius 2 is 2.35 bits per heavy atom. The number of ether oxygens (including phenoxy) is 1. The van der Waals surface area contributed by atoms with E-state index in [1.54, 1.807) is 18.2 Å². The normalized spacial score (nSPS) is 18.3. The van der Waals surface area contributed by atoms with Crippen molar-refractivity contribution in [1.29, 1.82) is 0 Å². The number of esters is 1. The zero-order valence-electron chi connectivity index (χ0n) is 13.5. The van der Waals surface area contributed by atoms with E-state index in [2.05, 4.69) is 22.0 Å². The van der Waals surface area contributed by atoms with Crippen molar-refractivity contribution in [3.63, 3.8) is 0 Å². The first kappa shape index (κ1) is 15.7. The first-order valence-electron chi connectivity index (χ1n) is 7.99. The van der Waals surface area contributed by atoms with Gasteiger partial charge in [0.05, 0.1) is 18.7 Å². The van der Waals surface area contributed by atoms with Crippen molar-refractivity contribution >= 4 is 5.97 Å². The van der Waals surface area contributed by atoms with Gasteiger partial charge in [0.25, 0.3) is 0 Å². The van der Waals surface area contributed by atoms with E-state index in [0.29, 0.717) is 17.3 Å². The topological polar surface area (TPSA) is 68.5 Å². The number of rotatable bonds is 5. The van der Waals surface area contributed by atoms with Crippen LogP contribution in [0.3, 0.4) is 0 Å². The fourth-order valence-electron chi connectivity index (χ4n) is 3.05. The van der Waals surface area contributed by atoms with Crippen LogP contribution >= 0.6 is 0 Å². The Bertz CT molecular complexity index is 683. The standard InChI is InChI=1S/C17H21N3O3/c1-3-9-20-10-5-8-14(20)16-18-15(19-23-16)12-6-4-7-13(11-12)17(21)22-2/h4,6-7,11,14H,3,5,8-10H2,1-2H3. The number of methoxy groups -OCH3 is 1. The molecule has 3 rings (SSSR count). The van der Waals surface area contributed by atoms with E-state index in [1.807, 2.05) is 6.07 Å². The minimum atomic E-state index is -0.375. The van der Waals surface area contributed by atoms with Crippen molar-refractivity contribution in [3.8, 4) is 11.4 Å². The van der Waals surface area contributed by atoms with Gasteiger partial charge in [0, 0.05) is 5.56 Å². The summed E-state index contributed by atoms with van der Waals surface area (Å²) in [5.41, 5.74) is 1.23. The van der Waals surface area contributed by atoms with Crippen molar-refractivity contribution < 1.29 is 14.1 Å². The first-order chi connectivity index (χ1) is 11.2. The number of likely N-dealkylation sites (tertiary alicyclic amines) is 1. The van der Waals surface area contributed by atoms with Gasteiger partial charge >= 0.3 is 5.97 Å². The summed E-state index contributed by atoms with van der Waals surface area (Å²) in [6.45, 7) is 4.29. The number of carbonyl (C=O) groups excluding carboxylic acids is 1. The zero-order chi connectivity index (χ0) is 16.2. The van der Waals surface area contributed by atoms with Crippen LogP contribution < -0.4 is 0 Å². The number of carbonyl (C=O) groups is 1. The third-order valence-corrected chi connectivity index (χ3v) is 4.14. The maximum Gasteiger partial charge on any atom is 0.337 e. The van der Waals surface area contributed by atoms with Crippen molar-refractivity contribution in [2.45, 2.75) is 32.2 Å². The fraction of sp³-hybridized carbons (Fsp3) is 0.471. The van der Waals surface area contributed by atoms with E-state index >= 15 is 0 Å². The lowest BCUT2D eigenvalue weighted by Gasteiger charge is -2.20. The molecule has 0 radical (unpaired) electrons. The lowest BCUT2D eigenvalue weighted by atomic mass is 10.1. The van der Waals surface area contributed by atoms with Crippen LogP contribution in [0.15, 0.2) is 28.8 Å². The highest BCUT2D eigenvalue weighted by Crippen LogP contribution is 2.32. The monoisotopic (exact) mass is 315 g/mol. The minimum Gasteiger partial charge on any atom is -0.465 e. The summed E-state index contributed by atoms with van der Waals surface area (Å²) in [5.74, 6) is 0.795. The minimum absolute atomic E-state index is 0.208.